The molecule has 2 nitrogen and oxygen atoms in total. The molecule has 0 saturated heterocycles. The number of thiophene rings is 1. The number of fused-ring (bicyclic) bond motifs is 1. The van der Waals surface area contributed by atoms with E-state index in [1.54, 1.807) is 0 Å². The van der Waals surface area contributed by atoms with Crippen molar-refractivity contribution in [1.82, 2.24) is 0 Å². The second-order valence-corrected chi connectivity index (χ2v) is 11.6. The van der Waals surface area contributed by atoms with Crippen molar-refractivity contribution in [2.24, 2.45) is 11.8 Å². The van der Waals surface area contributed by atoms with E-state index in [1.165, 1.54) is 76.8 Å². The van der Waals surface area contributed by atoms with Crippen molar-refractivity contribution in [3.8, 4) is 11.5 Å². The van der Waals surface area contributed by atoms with Crippen LogP contribution in [0.25, 0.3) is 10.1 Å². The smallest absolute Gasteiger partial charge is 0.142 e. The zero-order valence-electron chi connectivity index (χ0n) is 21.6. The van der Waals surface area contributed by atoms with Crippen LogP contribution in [0.2, 0.25) is 0 Å². The molecule has 2 rings (SSSR count). The summed E-state index contributed by atoms with van der Waals surface area (Å²) in [6.45, 7) is 17.4. The molecule has 0 bridgehead atoms. The lowest BCUT2D eigenvalue weighted by Crippen LogP contribution is -2.14. The van der Waals surface area contributed by atoms with Gasteiger partial charge in [-0.25, -0.2) is 0 Å². The molecule has 0 aliphatic rings. The molecule has 2 aromatic rings. The minimum absolute atomic E-state index is 0.629. The molecule has 1 aromatic heterocycles. The molecule has 182 valence electrons. The summed E-state index contributed by atoms with van der Waals surface area (Å²) in [4.78, 5) is 2.60. The summed E-state index contributed by atoms with van der Waals surface area (Å²) in [5.41, 5.74) is 1.26. The summed E-state index contributed by atoms with van der Waals surface area (Å²) in [5.74, 6) is 4.48. The van der Waals surface area contributed by atoms with Crippen LogP contribution in [0.15, 0.2) is 11.0 Å². The highest BCUT2D eigenvalue weighted by molar-refractivity contribution is 7.99. The molecule has 1 heterocycles. The third-order valence-electron chi connectivity index (χ3n) is 6.50. The van der Waals surface area contributed by atoms with Crippen molar-refractivity contribution in [3.05, 3.63) is 16.5 Å². The van der Waals surface area contributed by atoms with E-state index in [4.69, 9.17) is 9.47 Å². The van der Waals surface area contributed by atoms with E-state index < -0.39 is 0 Å². The van der Waals surface area contributed by atoms with Crippen LogP contribution in [0.5, 0.6) is 11.5 Å². The SMILES string of the molecule is CCCCC(CC)COc1c(SCC)c(C)c(OCC(CC)CCCC)c2sc(C)cc12. The molecule has 0 aliphatic carbocycles. The van der Waals surface area contributed by atoms with Gasteiger partial charge < -0.3 is 9.47 Å². The van der Waals surface area contributed by atoms with E-state index in [0.717, 1.165) is 30.5 Å². The van der Waals surface area contributed by atoms with Gasteiger partial charge >= 0.3 is 0 Å². The molecule has 0 amide bonds. The van der Waals surface area contributed by atoms with Gasteiger partial charge in [-0.3, -0.25) is 0 Å². The Kier molecular flexibility index (Phi) is 12.3. The molecule has 0 N–H and O–H groups in total. The highest BCUT2D eigenvalue weighted by Crippen LogP contribution is 2.48. The fourth-order valence-electron chi connectivity index (χ4n) is 4.25. The molecule has 0 aliphatic heterocycles. The van der Waals surface area contributed by atoms with E-state index in [1.807, 2.05) is 23.1 Å². The summed E-state index contributed by atoms with van der Waals surface area (Å²) in [6, 6.07) is 2.31. The lowest BCUT2D eigenvalue weighted by Gasteiger charge is -2.22. The van der Waals surface area contributed by atoms with Crippen molar-refractivity contribution in [1.29, 1.82) is 0 Å². The van der Waals surface area contributed by atoms with E-state index in [-0.39, 0.29) is 0 Å². The van der Waals surface area contributed by atoms with E-state index in [0.29, 0.717) is 11.8 Å². The third-order valence-corrected chi connectivity index (χ3v) is 8.61. The van der Waals surface area contributed by atoms with Gasteiger partial charge in [0.05, 0.1) is 22.8 Å². The minimum atomic E-state index is 0.629. The molecule has 4 heteroatoms. The first-order chi connectivity index (χ1) is 15.5. The maximum Gasteiger partial charge on any atom is 0.142 e. The Bertz CT molecular complexity index is 812. The number of aryl methyl sites for hydroxylation is 1. The molecule has 2 atom stereocenters. The van der Waals surface area contributed by atoms with Crippen molar-refractivity contribution >= 4 is 33.2 Å². The van der Waals surface area contributed by atoms with Gasteiger partial charge in [0, 0.05) is 15.8 Å². The highest BCUT2D eigenvalue weighted by atomic mass is 32.2. The van der Waals surface area contributed by atoms with E-state index >= 15 is 0 Å². The van der Waals surface area contributed by atoms with Gasteiger partial charge in [-0.2, -0.15) is 0 Å². The van der Waals surface area contributed by atoms with Gasteiger partial charge in [0.1, 0.15) is 11.5 Å². The third kappa shape index (κ3) is 7.32. The number of hydrogen-bond donors (Lipinski definition) is 0. The quantitative estimate of drug-likeness (QED) is 0.224. The van der Waals surface area contributed by atoms with Gasteiger partial charge in [-0.05, 0) is 50.3 Å². The van der Waals surface area contributed by atoms with Gasteiger partial charge in [0.15, 0.2) is 0 Å². The molecule has 2 unspecified atom stereocenters. The average Bonchev–Trinajstić information content (AvgIpc) is 3.18. The Morgan fingerprint density at radius 1 is 0.844 bits per heavy atom. The molecule has 0 spiro atoms. The van der Waals surface area contributed by atoms with Crippen LogP contribution in [0, 0.1) is 25.7 Å². The Hall–Kier alpha value is -0.870. The summed E-state index contributed by atoms with van der Waals surface area (Å²) in [7, 11) is 0. The second-order valence-electron chi connectivity index (χ2n) is 9.10. The first-order valence-corrected chi connectivity index (χ1v) is 14.8. The Labute approximate surface area is 205 Å². The number of benzene rings is 1. The van der Waals surface area contributed by atoms with Crippen LogP contribution in [-0.4, -0.2) is 19.0 Å². The topological polar surface area (TPSA) is 18.5 Å². The maximum absolute atomic E-state index is 6.63. The van der Waals surface area contributed by atoms with Gasteiger partial charge in [-0.15, -0.1) is 23.1 Å². The second kappa shape index (κ2) is 14.4. The number of rotatable bonds is 16. The average molecular weight is 479 g/mol. The Balaban J connectivity index is 2.39. The normalized spacial score (nSPS) is 13.5. The summed E-state index contributed by atoms with van der Waals surface area (Å²) in [6.07, 6.45) is 9.95. The van der Waals surface area contributed by atoms with Crippen LogP contribution in [-0.2, 0) is 0 Å². The predicted molar refractivity (Wildman–Crippen MR) is 145 cm³/mol. The van der Waals surface area contributed by atoms with E-state index in [2.05, 4.69) is 54.5 Å². The fourth-order valence-corrected chi connectivity index (χ4v) is 6.21. The molecular weight excluding hydrogens is 432 g/mol. The van der Waals surface area contributed by atoms with Crippen molar-refractivity contribution in [2.45, 2.75) is 105 Å². The molecular formula is C28H46O2S2. The van der Waals surface area contributed by atoms with Gasteiger partial charge in [0.25, 0.3) is 0 Å². The Morgan fingerprint density at radius 2 is 1.41 bits per heavy atom. The van der Waals surface area contributed by atoms with Crippen LogP contribution in [0.4, 0.5) is 0 Å². The summed E-state index contributed by atoms with van der Waals surface area (Å²) >= 11 is 3.75. The first-order valence-electron chi connectivity index (χ1n) is 12.9. The van der Waals surface area contributed by atoms with Gasteiger partial charge in [-0.1, -0.05) is 73.1 Å². The summed E-state index contributed by atoms with van der Waals surface area (Å²) in [5, 5.41) is 1.25. The van der Waals surface area contributed by atoms with Crippen molar-refractivity contribution < 1.29 is 9.47 Å². The monoisotopic (exact) mass is 478 g/mol. The molecule has 1 aromatic carbocycles. The molecule has 0 saturated carbocycles. The van der Waals surface area contributed by atoms with Crippen molar-refractivity contribution in [3.63, 3.8) is 0 Å². The zero-order chi connectivity index (χ0) is 23.5. The number of thioether (sulfide) groups is 1. The number of hydrogen-bond acceptors (Lipinski definition) is 4. The zero-order valence-corrected chi connectivity index (χ0v) is 23.3. The van der Waals surface area contributed by atoms with Gasteiger partial charge in [0.2, 0.25) is 0 Å². The molecule has 32 heavy (non-hydrogen) atoms. The lowest BCUT2D eigenvalue weighted by atomic mass is 10.0. The van der Waals surface area contributed by atoms with Crippen LogP contribution >= 0.6 is 23.1 Å². The standard InChI is InChI=1S/C28H46O2S2/c1-8-13-15-22(10-3)18-29-25-21(7)27(31-12-5)26(24-17-20(6)32-28(24)25)30-19-23(11-4)16-14-9-2/h17,22-23H,8-16,18-19H2,1-7H3. The minimum Gasteiger partial charge on any atom is -0.491 e. The van der Waals surface area contributed by atoms with Crippen molar-refractivity contribution in [2.75, 3.05) is 19.0 Å². The predicted octanol–water partition coefficient (Wildman–Crippen LogP) is 9.82. The van der Waals surface area contributed by atoms with Crippen LogP contribution < -0.4 is 9.47 Å². The first kappa shape index (κ1) is 27.4. The van der Waals surface area contributed by atoms with Crippen LogP contribution in [0.3, 0.4) is 0 Å². The summed E-state index contributed by atoms with van der Waals surface area (Å²) < 4.78 is 14.5. The highest BCUT2D eigenvalue weighted by Gasteiger charge is 2.23. The Morgan fingerprint density at radius 3 is 1.91 bits per heavy atom. The largest absolute Gasteiger partial charge is 0.491 e. The maximum atomic E-state index is 6.63. The molecule has 0 radical (unpaired) electrons. The number of unbranched alkanes of at least 4 members (excludes halogenated alkanes) is 2. The fraction of sp³-hybridized carbons (Fsp3) is 0.714. The van der Waals surface area contributed by atoms with E-state index in [9.17, 15) is 0 Å². The lowest BCUT2D eigenvalue weighted by molar-refractivity contribution is 0.226. The van der Waals surface area contributed by atoms with Crippen LogP contribution in [0.1, 0.15) is 96.4 Å². The number of ether oxygens (including phenoxy) is 2. The molecule has 0 fully saturated rings.